The Morgan fingerprint density at radius 2 is 2.00 bits per heavy atom. The monoisotopic (exact) mass is 336 g/mol. The van der Waals surface area contributed by atoms with E-state index in [2.05, 4.69) is 4.72 Å². The van der Waals surface area contributed by atoms with E-state index in [-0.39, 0.29) is 36.6 Å². The Bertz CT molecular complexity index is 624. The van der Waals surface area contributed by atoms with Gasteiger partial charge in [-0.05, 0) is 25.0 Å². The van der Waals surface area contributed by atoms with Crippen molar-refractivity contribution in [1.29, 1.82) is 0 Å². The predicted molar refractivity (Wildman–Crippen MR) is 75.9 cm³/mol. The normalized spacial score (nSPS) is 17.6. The van der Waals surface area contributed by atoms with Crippen LogP contribution in [0.4, 0.5) is 10.1 Å². The van der Waals surface area contributed by atoms with Crippen LogP contribution in [0.1, 0.15) is 12.8 Å². The van der Waals surface area contributed by atoms with Crippen molar-refractivity contribution in [3.8, 4) is 0 Å². The number of nitrogens with one attached hydrogen (secondary N) is 1. The molecule has 0 unspecified atom stereocenters. The summed E-state index contributed by atoms with van der Waals surface area (Å²) in [5, 5.41) is 8.84. The molecule has 0 atom stereocenters. The Kier molecular flexibility index (Phi) is 4.70. The van der Waals surface area contributed by atoms with Gasteiger partial charge in [-0.3, -0.25) is 9.52 Å². The van der Waals surface area contributed by atoms with Gasteiger partial charge in [-0.25, -0.2) is 4.39 Å². The molecule has 2 rings (SSSR count). The number of carboxylic acids is 1. The van der Waals surface area contributed by atoms with E-state index in [1.54, 1.807) is 0 Å². The fourth-order valence-electron chi connectivity index (χ4n) is 2.13. The zero-order valence-corrected chi connectivity index (χ0v) is 12.5. The van der Waals surface area contributed by atoms with Crippen molar-refractivity contribution in [3.05, 3.63) is 29.0 Å². The van der Waals surface area contributed by atoms with Gasteiger partial charge in [0.1, 0.15) is 11.5 Å². The smallest absolute Gasteiger partial charge is 0.306 e. The van der Waals surface area contributed by atoms with E-state index in [1.807, 2.05) is 0 Å². The summed E-state index contributed by atoms with van der Waals surface area (Å²) in [4.78, 5) is 10.8. The Labute approximate surface area is 126 Å². The van der Waals surface area contributed by atoms with Crippen molar-refractivity contribution < 1.29 is 22.7 Å². The van der Waals surface area contributed by atoms with E-state index in [0.29, 0.717) is 0 Å². The molecule has 1 aromatic carbocycles. The number of carboxylic acid groups (broad SMARTS) is 1. The molecular formula is C12H14ClFN2O4S. The number of piperidine rings is 1. The first-order valence-corrected chi connectivity index (χ1v) is 8.08. The van der Waals surface area contributed by atoms with Gasteiger partial charge in [0.25, 0.3) is 0 Å². The van der Waals surface area contributed by atoms with Crippen molar-refractivity contribution >= 4 is 33.5 Å². The fourth-order valence-corrected chi connectivity index (χ4v) is 3.68. The molecule has 6 nitrogen and oxygen atoms in total. The molecule has 2 N–H and O–H groups in total. The van der Waals surface area contributed by atoms with Crippen LogP contribution < -0.4 is 4.72 Å². The number of nitrogens with zero attached hydrogens (tertiary/aromatic N) is 1. The number of hydrogen-bond donors (Lipinski definition) is 2. The van der Waals surface area contributed by atoms with Gasteiger partial charge in [-0.2, -0.15) is 12.7 Å². The Hall–Kier alpha value is -1.38. The van der Waals surface area contributed by atoms with E-state index >= 15 is 0 Å². The Balaban J connectivity index is 2.11. The van der Waals surface area contributed by atoms with Crippen LogP contribution in [0.25, 0.3) is 0 Å². The molecule has 1 saturated heterocycles. The number of halogens is 2. The molecule has 1 fully saturated rings. The first-order valence-electron chi connectivity index (χ1n) is 6.26. The minimum Gasteiger partial charge on any atom is -0.481 e. The third kappa shape index (κ3) is 3.63. The summed E-state index contributed by atoms with van der Waals surface area (Å²) >= 11 is 5.78. The summed E-state index contributed by atoms with van der Waals surface area (Å²) in [6.07, 6.45) is 0.447. The lowest BCUT2D eigenvalue weighted by Crippen LogP contribution is -2.43. The molecule has 1 aliphatic rings. The largest absolute Gasteiger partial charge is 0.481 e. The second kappa shape index (κ2) is 6.17. The third-order valence-electron chi connectivity index (χ3n) is 3.34. The molecule has 1 aliphatic heterocycles. The standard InChI is InChI=1S/C12H14ClFN2O4S/c13-9-2-1-3-10(14)11(9)15-21(19,20)16-6-4-8(5-7-16)12(17)18/h1-3,8,15H,4-7H2,(H,17,18). The highest BCUT2D eigenvalue weighted by molar-refractivity contribution is 7.90. The van der Waals surface area contributed by atoms with Crippen LogP contribution in [-0.2, 0) is 15.0 Å². The summed E-state index contributed by atoms with van der Waals surface area (Å²) < 4.78 is 41.2. The summed E-state index contributed by atoms with van der Waals surface area (Å²) in [6, 6.07) is 3.84. The minimum absolute atomic E-state index is 0.0426. The van der Waals surface area contributed by atoms with Gasteiger partial charge in [0, 0.05) is 13.1 Å². The lowest BCUT2D eigenvalue weighted by atomic mass is 9.99. The number of anilines is 1. The van der Waals surface area contributed by atoms with Crippen molar-refractivity contribution in [1.82, 2.24) is 4.31 Å². The van der Waals surface area contributed by atoms with E-state index in [9.17, 15) is 17.6 Å². The van der Waals surface area contributed by atoms with Crippen LogP contribution in [0.5, 0.6) is 0 Å². The van der Waals surface area contributed by atoms with Crippen LogP contribution >= 0.6 is 11.6 Å². The molecule has 0 spiro atoms. The molecule has 0 aliphatic carbocycles. The molecule has 1 aromatic rings. The average molecular weight is 337 g/mol. The Morgan fingerprint density at radius 3 is 2.52 bits per heavy atom. The van der Waals surface area contributed by atoms with E-state index in [1.165, 1.54) is 12.1 Å². The third-order valence-corrected chi connectivity index (χ3v) is 5.16. The van der Waals surface area contributed by atoms with Gasteiger partial charge in [0.05, 0.1) is 10.9 Å². The lowest BCUT2D eigenvalue weighted by molar-refractivity contribution is -0.142. The first kappa shape index (κ1) is 16.0. The SMILES string of the molecule is O=C(O)C1CCN(S(=O)(=O)Nc2c(F)cccc2Cl)CC1. The first-order chi connectivity index (χ1) is 9.81. The number of hydrogen-bond acceptors (Lipinski definition) is 3. The van der Waals surface area contributed by atoms with Crippen molar-refractivity contribution in [2.24, 2.45) is 5.92 Å². The summed E-state index contributed by atoms with van der Waals surface area (Å²) in [6.45, 7) is 0.136. The minimum atomic E-state index is -3.96. The van der Waals surface area contributed by atoms with Crippen LogP contribution in [0.2, 0.25) is 5.02 Å². The molecule has 1 heterocycles. The molecule has 0 amide bonds. The molecule has 0 saturated carbocycles. The van der Waals surface area contributed by atoms with E-state index in [4.69, 9.17) is 16.7 Å². The number of benzene rings is 1. The highest BCUT2D eigenvalue weighted by atomic mass is 35.5. The van der Waals surface area contributed by atoms with Crippen LogP contribution in [0, 0.1) is 11.7 Å². The van der Waals surface area contributed by atoms with Crippen LogP contribution in [0.15, 0.2) is 18.2 Å². The Morgan fingerprint density at radius 1 is 1.38 bits per heavy atom. The average Bonchev–Trinajstić information content (AvgIpc) is 2.43. The van der Waals surface area contributed by atoms with Gasteiger partial charge in [0.2, 0.25) is 0 Å². The predicted octanol–water partition coefficient (Wildman–Crippen LogP) is 1.93. The van der Waals surface area contributed by atoms with E-state index in [0.717, 1.165) is 10.4 Å². The topological polar surface area (TPSA) is 86.7 Å². The summed E-state index contributed by atoms with van der Waals surface area (Å²) in [5.41, 5.74) is -0.306. The van der Waals surface area contributed by atoms with E-state index < -0.39 is 27.9 Å². The number of rotatable bonds is 4. The lowest BCUT2D eigenvalue weighted by Gasteiger charge is -2.29. The van der Waals surface area contributed by atoms with Crippen molar-refractivity contribution in [2.45, 2.75) is 12.8 Å². The van der Waals surface area contributed by atoms with Gasteiger partial charge in [0.15, 0.2) is 0 Å². The van der Waals surface area contributed by atoms with Crippen molar-refractivity contribution in [3.63, 3.8) is 0 Å². The highest BCUT2D eigenvalue weighted by Crippen LogP contribution is 2.27. The molecule has 116 valence electrons. The summed E-state index contributed by atoms with van der Waals surface area (Å²) in [7, 11) is -3.96. The molecule has 21 heavy (non-hydrogen) atoms. The van der Waals surface area contributed by atoms with Gasteiger partial charge >= 0.3 is 16.2 Å². The quantitative estimate of drug-likeness (QED) is 0.879. The molecular weight excluding hydrogens is 323 g/mol. The maximum atomic E-state index is 13.6. The van der Waals surface area contributed by atoms with Gasteiger partial charge in [-0.1, -0.05) is 17.7 Å². The van der Waals surface area contributed by atoms with Crippen LogP contribution in [0.3, 0.4) is 0 Å². The van der Waals surface area contributed by atoms with Crippen molar-refractivity contribution in [2.75, 3.05) is 17.8 Å². The number of carbonyl (C=O) groups is 1. The maximum absolute atomic E-state index is 13.6. The second-order valence-corrected chi connectivity index (χ2v) is 6.79. The van der Waals surface area contributed by atoms with Crippen LogP contribution in [-0.4, -0.2) is 36.9 Å². The fraction of sp³-hybridized carbons (Fsp3) is 0.417. The molecule has 0 radical (unpaired) electrons. The zero-order chi connectivity index (χ0) is 15.6. The highest BCUT2D eigenvalue weighted by Gasteiger charge is 2.31. The molecule has 0 aromatic heterocycles. The van der Waals surface area contributed by atoms with Gasteiger partial charge < -0.3 is 5.11 Å². The molecule has 0 bridgehead atoms. The zero-order valence-electron chi connectivity index (χ0n) is 10.9. The number of para-hydroxylation sites is 1. The number of aliphatic carboxylic acids is 1. The second-order valence-electron chi connectivity index (χ2n) is 4.72. The summed E-state index contributed by atoms with van der Waals surface area (Å²) in [5.74, 6) is -2.25. The maximum Gasteiger partial charge on any atom is 0.306 e. The molecule has 9 heteroatoms. The van der Waals surface area contributed by atoms with Gasteiger partial charge in [-0.15, -0.1) is 0 Å².